The molecule has 7 heteroatoms. The zero-order valence-corrected chi connectivity index (χ0v) is 14.0. The van der Waals surface area contributed by atoms with Crippen LogP contribution >= 0.6 is 0 Å². The second-order valence-electron chi connectivity index (χ2n) is 5.87. The van der Waals surface area contributed by atoms with Gasteiger partial charge in [0.1, 0.15) is 6.04 Å². The van der Waals surface area contributed by atoms with Crippen molar-refractivity contribution in [2.45, 2.75) is 57.4 Å². The van der Waals surface area contributed by atoms with Crippen LogP contribution in [0.25, 0.3) is 0 Å². The average molecular weight is 327 g/mol. The Kier molecular flexibility index (Phi) is 9.28. The third-order valence-corrected chi connectivity index (χ3v) is 4.01. The summed E-state index contributed by atoms with van der Waals surface area (Å²) in [6.07, 6.45) is 5.15. The molecule has 2 amide bonds. The fraction of sp³-hybridized carbons (Fsp3) is 0.812. The van der Waals surface area contributed by atoms with E-state index >= 15 is 0 Å². The predicted octanol–water partition coefficient (Wildman–Crippen LogP) is 0.566. The number of esters is 1. The van der Waals surface area contributed by atoms with Gasteiger partial charge < -0.3 is 20.7 Å². The first-order valence-corrected chi connectivity index (χ1v) is 8.43. The van der Waals surface area contributed by atoms with E-state index in [1.165, 1.54) is 7.11 Å². The predicted molar refractivity (Wildman–Crippen MR) is 86.5 cm³/mol. The lowest BCUT2D eigenvalue weighted by Crippen LogP contribution is -2.47. The van der Waals surface area contributed by atoms with Crippen LogP contribution in [0, 0.1) is 0 Å². The number of carbonyl (C=O) groups is 3. The number of amides is 2. The third-order valence-electron chi connectivity index (χ3n) is 4.01. The van der Waals surface area contributed by atoms with Crippen LogP contribution in [-0.4, -0.2) is 55.5 Å². The van der Waals surface area contributed by atoms with Gasteiger partial charge >= 0.3 is 5.97 Å². The normalized spacial score (nSPS) is 15.3. The maximum absolute atomic E-state index is 12.5. The molecular weight excluding hydrogens is 298 g/mol. The van der Waals surface area contributed by atoms with Gasteiger partial charge in [-0.05, 0) is 45.1 Å². The maximum atomic E-state index is 12.5. The lowest BCUT2D eigenvalue weighted by atomic mass is 10.1. The van der Waals surface area contributed by atoms with Gasteiger partial charge in [0.2, 0.25) is 11.8 Å². The van der Waals surface area contributed by atoms with Crippen molar-refractivity contribution in [2.75, 3.05) is 26.7 Å². The van der Waals surface area contributed by atoms with Crippen molar-refractivity contribution >= 4 is 17.8 Å². The number of hydrogen-bond acceptors (Lipinski definition) is 5. The molecule has 1 heterocycles. The van der Waals surface area contributed by atoms with Gasteiger partial charge in [-0.25, -0.2) is 0 Å². The maximum Gasteiger partial charge on any atom is 0.305 e. The first-order chi connectivity index (χ1) is 11.1. The van der Waals surface area contributed by atoms with Crippen LogP contribution in [0.4, 0.5) is 0 Å². The molecule has 0 aliphatic carbocycles. The summed E-state index contributed by atoms with van der Waals surface area (Å²) in [6, 6.07) is -0.482. The minimum absolute atomic E-state index is 0.00105. The molecule has 0 unspecified atom stereocenters. The number of nitrogens with two attached hydrogens (primary N) is 1. The number of rotatable bonds is 10. The second kappa shape index (κ2) is 11.0. The third kappa shape index (κ3) is 7.45. The van der Waals surface area contributed by atoms with Gasteiger partial charge in [-0.15, -0.1) is 0 Å². The highest BCUT2D eigenvalue weighted by atomic mass is 16.5. The van der Waals surface area contributed by atoms with E-state index in [1.54, 1.807) is 0 Å². The molecule has 1 fully saturated rings. The molecule has 23 heavy (non-hydrogen) atoms. The van der Waals surface area contributed by atoms with Crippen LogP contribution < -0.4 is 11.1 Å². The number of methoxy groups -OCH3 is 1. The Morgan fingerprint density at radius 2 is 1.78 bits per heavy atom. The number of nitrogens with one attached hydrogen (secondary N) is 1. The summed E-state index contributed by atoms with van der Waals surface area (Å²) in [7, 11) is 1.35. The Hall–Kier alpha value is -1.63. The number of carbonyl (C=O) groups excluding carboxylic acids is 3. The molecule has 0 radical (unpaired) electrons. The molecule has 1 aliphatic heterocycles. The number of unbranched alkanes of at least 4 members (excludes halogenated alkanes) is 1. The Morgan fingerprint density at radius 3 is 2.39 bits per heavy atom. The standard InChI is InChI=1S/C16H29N3O4/c1-23-15(21)9-3-2-8-14(20)18-13(7-6-10-17)16(22)19-11-4-5-12-19/h13H,2-12,17H2,1H3,(H,18,20)/t13-/m0/s1. The molecule has 1 aliphatic rings. The fourth-order valence-electron chi connectivity index (χ4n) is 2.66. The van der Waals surface area contributed by atoms with E-state index in [0.29, 0.717) is 45.1 Å². The van der Waals surface area contributed by atoms with Crippen molar-refractivity contribution in [1.82, 2.24) is 10.2 Å². The smallest absolute Gasteiger partial charge is 0.305 e. The van der Waals surface area contributed by atoms with Crippen LogP contribution in [0.3, 0.4) is 0 Å². The van der Waals surface area contributed by atoms with Crippen molar-refractivity contribution in [3.05, 3.63) is 0 Å². The first-order valence-electron chi connectivity index (χ1n) is 8.43. The molecule has 7 nitrogen and oxygen atoms in total. The zero-order chi connectivity index (χ0) is 17.1. The summed E-state index contributed by atoms with van der Waals surface area (Å²) in [5.41, 5.74) is 5.52. The Bertz CT molecular complexity index is 395. The molecule has 1 saturated heterocycles. The fourth-order valence-corrected chi connectivity index (χ4v) is 2.66. The summed E-state index contributed by atoms with van der Waals surface area (Å²) < 4.78 is 4.55. The number of nitrogens with zero attached hydrogens (tertiary/aromatic N) is 1. The summed E-state index contributed by atoms with van der Waals surface area (Å²) >= 11 is 0. The van der Waals surface area contributed by atoms with Gasteiger partial charge in [-0.2, -0.15) is 0 Å². The summed E-state index contributed by atoms with van der Waals surface area (Å²) in [6.45, 7) is 2.04. The average Bonchev–Trinajstić information content (AvgIpc) is 3.08. The van der Waals surface area contributed by atoms with Crippen LogP contribution in [0.1, 0.15) is 51.4 Å². The van der Waals surface area contributed by atoms with Gasteiger partial charge in [0.25, 0.3) is 0 Å². The molecule has 0 spiro atoms. The van der Waals surface area contributed by atoms with Crippen molar-refractivity contribution in [3.63, 3.8) is 0 Å². The topological polar surface area (TPSA) is 102 Å². The van der Waals surface area contributed by atoms with Crippen molar-refractivity contribution < 1.29 is 19.1 Å². The van der Waals surface area contributed by atoms with Gasteiger partial charge in [-0.3, -0.25) is 14.4 Å². The summed E-state index contributed by atoms with van der Waals surface area (Å²) in [4.78, 5) is 37.3. The lowest BCUT2D eigenvalue weighted by molar-refractivity contribution is -0.140. The second-order valence-corrected chi connectivity index (χ2v) is 5.87. The highest BCUT2D eigenvalue weighted by Crippen LogP contribution is 2.12. The van der Waals surface area contributed by atoms with E-state index in [2.05, 4.69) is 10.1 Å². The van der Waals surface area contributed by atoms with Crippen LogP contribution in [-0.2, 0) is 19.1 Å². The lowest BCUT2D eigenvalue weighted by Gasteiger charge is -2.24. The van der Waals surface area contributed by atoms with Gasteiger partial charge in [0.05, 0.1) is 7.11 Å². The van der Waals surface area contributed by atoms with Gasteiger partial charge in [0, 0.05) is 25.9 Å². The summed E-state index contributed by atoms with van der Waals surface area (Å²) in [5, 5.41) is 2.83. The van der Waals surface area contributed by atoms with E-state index in [9.17, 15) is 14.4 Å². The molecule has 0 saturated carbocycles. The van der Waals surface area contributed by atoms with Gasteiger partial charge in [0.15, 0.2) is 0 Å². The molecule has 1 rings (SSSR count). The molecule has 132 valence electrons. The molecule has 0 aromatic carbocycles. The first kappa shape index (κ1) is 19.4. The van der Waals surface area contributed by atoms with Crippen LogP contribution in [0.15, 0.2) is 0 Å². The van der Waals surface area contributed by atoms with Crippen molar-refractivity contribution in [1.29, 1.82) is 0 Å². The van der Waals surface area contributed by atoms with E-state index in [0.717, 1.165) is 25.9 Å². The number of ether oxygens (including phenoxy) is 1. The van der Waals surface area contributed by atoms with E-state index < -0.39 is 6.04 Å². The molecule has 3 N–H and O–H groups in total. The van der Waals surface area contributed by atoms with Crippen molar-refractivity contribution in [2.24, 2.45) is 5.73 Å². The highest BCUT2D eigenvalue weighted by molar-refractivity contribution is 5.87. The highest BCUT2D eigenvalue weighted by Gasteiger charge is 2.27. The van der Waals surface area contributed by atoms with Crippen molar-refractivity contribution in [3.8, 4) is 0 Å². The molecule has 1 atom stereocenters. The zero-order valence-electron chi connectivity index (χ0n) is 14.0. The SMILES string of the molecule is COC(=O)CCCCC(=O)N[C@@H](CCCN)C(=O)N1CCCC1. The minimum atomic E-state index is -0.482. The molecule has 0 bridgehead atoms. The van der Waals surface area contributed by atoms with E-state index in [4.69, 9.17) is 5.73 Å². The minimum Gasteiger partial charge on any atom is -0.469 e. The van der Waals surface area contributed by atoms with Gasteiger partial charge in [-0.1, -0.05) is 0 Å². The Balaban J connectivity index is 2.37. The van der Waals surface area contributed by atoms with E-state index in [1.807, 2.05) is 4.90 Å². The number of hydrogen-bond donors (Lipinski definition) is 2. The van der Waals surface area contributed by atoms with Crippen LogP contribution in [0.5, 0.6) is 0 Å². The quantitative estimate of drug-likeness (QED) is 0.451. The molecular formula is C16H29N3O4. The number of likely N-dealkylation sites (tertiary alicyclic amines) is 1. The molecule has 0 aromatic rings. The Labute approximate surface area is 137 Å². The summed E-state index contributed by atoms with van der Waals surface area (Å²) in [5.74, 6) is -0.418. The Morgan fingerprint density at radius 1 is 1.13 bits per heavy atom. The van der Waals surface area contributed by atoms with E-state index in [-0.39, 0.29) is 17.8 Å². The largest absolute Gasteiger partial charge is 0.469 e. The molecule has 0 aromatic heterocycles. The van der Waals surface area contributed by atoms with Crippen LogP contribution in [0.2, 0.25) is 0 Å². The monoisotopic (exact) mass is 327 g/mol.